The van der Waals surface area contributed by atoms with Crippen LogP contribution in [0.2, 0.25) is 0 Å². The number of hydrogen-bond acceptors (Lipinski definition) is 4. The molecule has 2 rings (SSSR count). The van der Waals surface area contributed by atoms with E-state index in [9.17, 15) is 4.79 Å². The van der Waals surface area contributed by atoms with E-state index in [2.05, 4.69) is 0 Å². The van der Waals surface area contributed by atoms with E-state index in [-0.39, 0.29) is 10.7 Å². The van der Waals surface area contributed by atoms with Crippen molar-refractivity contribution in [3.63, 3.8) is 0 Å². The molecule has 0 bridgehead atoms. The molecular weight excluding hydrogens is 228 g/mol. The highest BCUT2D eigenvalue weighted by atomic mass is 32.2. The first-order valence-corrected chi connectivity index (χ1v) is 6.95. The quantitative estimate of drug-likeness (QED) is 0.742. The lowest BCUT2D eigenvalue weighted by Gasteiger charge is -2.20. The van der Waals surface area contributed by atoms with E-state index in [4.69, 9.17) is 4.74 Å². The van der Waals surface area contributed by atoms with E-state index in [1.54, 1.807) is 35.7 Å². The molecule has 0 amide bonds. The molecule has 0 atom stereocenters. The van der Waals surface area contributed by atoms with E-state index >= 15 is 0 Å². The molecule has 1 aliphatic heterocycles. The number of esters is 1. The number of rotatable bonds is 2. The number of hydrogen-bond donors (Lipinski definition) is 0. The number of carbonyl (C=O) groups excluding carboxylic acids is 1. The maximum Gasteiger partial charge on any atom is 0.339 e. The Kier molecular flexibility index (Phi) is 3.97. The van der Waals surface area contributed by atoms with Crippen molar-refractivity contribution in [1.29, 1.82) is 0 Å². The van der Waals surface area contributed by atoms with Crippen molar-refractivity contribution in [3.05, 3.63) is 35.9 Å². The van der Waals surface area contributed by atoms with Gasteiger partial charge >= 0.3 is 5.97 Å². The number of ether oxygens (including phenoxy) is 1. The summed E-state index contributed by atoms with van der Waals surface area (Å²) in [6.07, 6.45) is 1.20. The lowest BCUT2D eigenvalue weighted by Crippen LogP contribution is -2.16. The predicted molar refractivity (Wildman–Crippen MR) is 65.2 cm³/mol. The summed E-state index contributed by atoms with van der Waals surface area (Å²) < 4.78 is 5.34. The molecule has 1 saturated heterocycles. The van der Waals surface area contributed by atoms with Crippen LogP contribution in [0.25, 0.3) is 0 Å². The maximum atomic E-state index is 11.7. The average Bonchev–Trinajstić information content (AvgIpc) is 2.31. The lowest BCUT2D eigenvalue weighted by molar-refractivity contribution is 0.0548. The van der Waals surface area contributed by atoms with Crippen molar-refractivity contribution in [1.82, 2.24) is 0 Å². The Morgan fingerprint density at radius 3 is 2.53 bits per heavy atom. The fraction of sp³-hybridized carbons (Fsp3) is 0.364. The molecule has 4 heteroatoms. The molecule has 0 aliphatic carbocycles. The average molecular weight is 240 g/mol. The van der Waals surface area contributed by atoms with Crippen LogP contribution in [0.4, 0.5) is 0 Å². The smallest absolute Gasteiger partial charge is 0.339 e. The third-order valence-corrected chi connectivity index (χ3v) is 4.61. The zero-order valence-corrected chi connectivity index (χ0v) is 9.85. The Balaban J connectivity index is 1.91. The largest absolute Gasteiger partial charge is 0.437 e. The molecule has 0 aromatic heterocycles. The van der Waals surface area contributed by atoms with Crippen LogP contribution in [-0.2, 0) is 4.74 Å². The minimum absolute atomic E-state index is 0.0218. The lowest BCUT2D eigenvalue weighted by atomic mass is 10.2. The van der Waals surface area contributed by atoms with Crippen LogP contribution in [0.5, 0.6) is 0 Å². The van der Waals surface area contributed by atoms with Crippen LogP contribution in [-0.4, -0.2) is 22.2 Å². The minimum Gasteiger partial charge on any atom is -0.437 e. The first-order valence-electron chi connectivity index (χ1n) is 4.85. The molecular formula is C11H12O2S2. The molecule has 0 saturated carbocycles. The highest BCUT2D eigenvalue weighted by Crippen LogP contribution is 2.31. The first kappa shape index (κ1) is 10.9. The number of carbonyl (C=O) groups is 1. The molecule has 1 aliphatic rings. The Hall–Kier alpha value is -0.610. The summed E-state index contributed by atoms with van der Waals surface area (Å²) in [4.78, 5) is 11.7. The summed E-state index contributed by atoms with van der Waals surface area (Å²) in [5, 5.41) is 0. The maximum absolute atomic E-state index is 11.7. The van der Waals surface area contributed by atoms with Crippen molar-refractivity contribution in [2.45, 2.75) is 11.2 Å². The summed E-state index contributed by atoms with van der Waals surface area (Å²) in [6.45, 7) is 0. The van der Waals surface area contributed by atoms with Gasteiger partial charge in [-0.2, -0.15) is 0 Å². The van der Waals surface area contributed by atoms with Crippen molar-refractivity contribution < 1.29 is 9.53 Å². The molecule has 15 heavy (non-hydrogen) atoms. The fourth-order valence-corrected chi connectivity index (χ4v) is 3.73. The first-order chi connectivity index (χ1) is 7.36. The van der Waals surface area contributed by atoms with Gasteiger partial charge in [-0.15, -0.1) is 23.5 Å². The highest BCUT2D eigenvalue weighted by Gasteiger charge is 2.19. The third kappa shape index (κ3) is 3.18. The van der Waals surface area contributed by atoms with Crippen molar-refractivity contribution in [2.24, 2.45) is 0 Å². The van der Waals surface area contributed by atoms with Gasteiger partial charge in [-0.25, -0.2) is 4.79 Å². The molecule has 1 fully saturated rings. The van der Waals surface area contributed by atoms with Gasteiger partial charge in [0, 0.05) is 0 Å². The summed E-state index contributed by atoms with van der Waals surface area (Å²) in [5.74, 6) is 1.95. The monoisotopic (exact) mass is 240 g/mol. The van der Waals surface area contributed by atoms with Crippen molar-refractivity contribution in [3.8, 4) is 0 Å². The van der Waals surface area contributed by atoms with Crippen LogP contribution >= 0.6 is 23.5 Å². The third-order valence-electron chi connectivity index (χ3n) is 2.01. The van der Waals surface area contributed by atoms with Crippen LogP contribution in [0.1, 0.15) is 16.8 Å². The molecule has 0 unspecified atom stereocenters. The Morgan fingerprint density at radius 1 is 1.20 bits per heavy atom. The molecule has 1 heterocycles. The van der Waals surface area contributed by atoms with Gasteiger partial charge in [-0.3, -0.25) is 0 Å². The SMILES string of the molecule is O=C(OC1SCCCS1)c1ccccc1. The van der Waals surface area contributed by atoms with Crippen LogP contribution in [0, 0.1) is 0 Å². The van der Waals surface area contributed by atoms with Crippen LogP contribution in [0.15, 0.2) is 30.3 Å². The van der Waals surface area contributed by atoms with Gasteiger partial charge in [0.15, 0.2) is 4.77 Å². The van der Waals surface area contributed by atoms with Gasteiger partial charge in [0.2, 0.25) is 0 Å². The standard InChI is InChI=1S/C11H12O2S2/c12-10(9-5-2-1-3-6-9)13-11-14-7-4-8-15-11/h1-3,5-6,11H,4,7-8H2. The van der Waals surface area contributed by atoms with E-state index in [1.807, 2.05) is 18.2 Å². The van der Waals surface area contributed by atoms with Gasteiger partial charge in [-0.05, 0) is 30.1 Å². The second-order valence-electron chi connectivity index (χ2n) is 3.16. The summed E-state index contributed by atoms with van der Waals surface area (Å²) in [6, 6.07) is 9.14. The predicted octanol–water partition coefficient (Wildman–Crippen LogP) is 3.00. The molecule has 2 nitrogen and oxygen atoms in total. The van der Waals surface area contributed by atoms with E-state index in [0.717, 1.165) is 11.5 Å². The van der Waals surface area contributed by atoms with Gasteiger partial charge in [-0.1, -0.05) is 18.2 Å². The fourth-order valence-electron chi connectivity index (χ4n) is 1.26. The van der Waals surface area contributed by atoms with Gasteiger partial charge in [0.25, 0.3) is 0 Å². The normalized spacial score (nSPS) is 17.3. The van der Waals surface area contributed by atoms with E-state index < -0.39 is 0 Å². The van der Waals surface area contributed by atoms with Crippen LogP contribution in [0.3, 0.4) is 0 Å². The second-order valence-corrected chi connectivity index (χ2v) is 5.79. The molecule has 0 spiro atoms. The Labute approximate surface area is 97.8 Å². The highest BCUT2D eigenvalue weighted by molar-refractivity contribution is 8.17. The number of thioether (sulfide) groups is 2. The Bertz CT molecular complexity index is 321. The Morgan fingerprint density at radius 2 is 1.87 bits per heavy atom. The summed E-state index contributed by atoms with van der Waals surface area (Å²) >= 11 is 3.41. The molecule has 1 aromatic rings. The van der Waals surface area contributed by atoms with Gasteiger partial charge in [0.05, 0.1) is 5.56 Å². The summed E-state index contributed by atoms with van der Waals surface area (Å²) in [7, 11) is 0. The van der Waals surface area contributed by atoms with Crippen molar-refractivity contribution >= 4 is 29.5 Å². The second kappa shape index (κ2) is 5.47. The zero-order chi connectivity index (χ0) is 10.5. The molecule has 80 valence electrons. The minimum atomic E-state index is -0.220. The van der Waals surface area contributed by atoms with Crippen LogP contribution < -0.4 is 0 Å². The van der Waals surface area contributed by atoms with E-state index in [1.165, 1.54) is 6.42 Å². The topological polar surface area (TPSA) is 26.3 Å². The van der Waals surface area contributed by atoms with Gasteiger partial charge < -0.3 is 4.74 Å². The van der Waals surface area contributed by atoms with Gasteiger partial charge in [0.1, 0.15) is 0 Å². The zero-order valence-electron chi connectivity index (χ0n) is 8.22. The van der Waals surface area contributed by atoms with Crippen molar-refractivity contribution in [2.75, 3.05) is 11.5 Å². The molecule has 0 radical (unpaired) electrons. The van der Waals surface area contributed by atoms with E-state index in [0.29, 0.717) is 5.56 Å². The molecule has 0 N–H and O–H groups in total. The summed E-state index contributed by atoms with van der Waals surface area (Å²) in [5.41, 5.74) is 0.629. The molecule has 1 aromatic carbocycles. The number of benzene rings is 1.